The van der Waals surface area contributed by atoms with Gasteiger partial charge in [0.05, 0.1) is 7.11 Å². The quantitative estimate of drug-likeness (QED) is 0.740. The number of benzene rings is 1. The van der Waals surface area contributed by atoms with Crippen LogP contribution in [0.5, 0.6) is 11.5 Å². The van der Waals surface area contributed by atoms with Crippen molar-refractivity contribution in [2.45, 2.75) is 26.4 Å². The zero-order valence-electron chi connectivity index (χ0n) is 10.9. The van der Waals surface area contributed by atoms with Gasteiger partial charge >= 0.3 is 0 Å². The van der Waals surface area contributed by atoms with Crippen molar-refractivity contribution in [2.24, 2.45) is 0 Å². The highest BCUT2D eigenvalue weighted by atomic mass is 16.7. The molecule has 0 unspecified atom stereocenters. The van der Waals surface area contributed by atoms with E-state index in [4.69, 9.17) is 14.2 Å². The summed E-state index contributed by atoms with van der Waals surface area (Å²) in [5.74, 6) is 1.57. The van der Waals surface area contributed by atoms with Crippen molar-refractivity contribution < 1.29 is 14.2 Å². The first-order valence-electron chi connectivity index (χ1n) is 5.69. The smallest absolute Gasteiger partial charge is 0.188 e. The highest BCUT2D eigenvalue weighted by molar-refractivity contribution is 5.40. The van der Waals surface area contributed by atoms with E-state index in [1.54, 1.807) is 14.2 Å². The molecule has 1 N–H and O–H groups in total. The van der Waals surface area contributed by atoms with Crippen LogP contribution in [0.1, 0.15) is 19.4 Å². The van der Waals surface area contributed by atoms with Gasteiger partial charge in [-0.25, -0.2) is 0 Å². The molecule has 0 amide bonds. The molecule has 0 aliphatic rings. The van der Waals surface area contributed by atoms with E-state index in [1.807, 2.05) is 18.2 Å². The minimum Gasteiger partial charge on any atom is -0.497 e. The molecule has 0 spiro atoms. The van der Waals surface area contributed by atoms with Crippen LogP contribution in [0.25, 0.3) is 0 Å². The average molecular weight is 239 g/mol. The van der Waals surface area contributed by atoms with E-state index in [9.17, 15) is 0 Å². The van der Waals surface area contributed by atoms with Crippen LogP contribution in [-0.2, 0) is 11.3 Å². The number of hydrogen-bond donors (Lipinski definition) is 1. The Morgan fingerprint density at radius 1 is 1.24 bits per heavy atom. The molecular weight excluding hydrogens is 218 g/mol. The van der Waals surface area contributed by atoms with Crippen molar-refractivity contribution in [1.82, 2.24) is 5.32 Å². The second-order valence-corrected chi connectivity index (χ2v) is 4.06. The van der Waals surface area contributed by atoms with Gasteiger partial charge in [-0.1, -0.05) is 19.9 Å². The fraction of sp³-hybridized carbons (Fsp3) is 0.538. The van der Waals surface area contributed by atoms with Gasteiger partial charge in [0.15, 0.2) is 6.79 Å². The minimum absolute atomic E-state index is 0.238. The number of ether oxygens (including phenoxy) is 3. The Morgan fingerprint density at radius 3 is 2.59 bits per heavy atom. The summed E-state index contributed by atoms with van der Waals surface area (Å²) >= 11 is 0. The third-order valence-corrected chi connectivity index (χ3v) is 2.31. The molecule has 4 heteroatoms. The van der Waals surface area contributed by atoms with Crippen LogP contribution in [0, 0.1) is 0 Å². The standard InChI is InChI=1S/C13H21NO3/c1-10(2)14-8-11-5-6-12(16-4)7-13(11)17-9-15-3/h5-7,10,14H,8-9H2,1-4H3. The van der Waals surface area contributed by atoms with Gasteiger partial charge in [0.2, 0.25) is 0 Å². The van der Waals surface area contributed by atoms with Gasteiger partial charge in [0.25, 0.3) is 0 Å². The monoisotopic (exact) mass is 239 g/mol. The lowest BCUT2D eigenvalue weighted by molar-refractivity contribution is 0.0502. The normalized spacial score (nSPS) is 10.6. The molecule has 0 saturated heterocycles. The van der Waals surface area contributed by atoms with Gasteiger partial charge in [-0.2, -0.15) is 0 Å². The van der Waals surface area contributed by atoms with Gasteiger partial charge in [0, 0.05) is 31.3 Å². The molecule has 0 heterocycles. The summed E-state index contributed by atoms with van der Waals surface area (Å²) < 4.78 is 15.6. The molecule has 0 radical (unpaired) electrons. The molecule has 0 aliphatic carbocycles. The first-order chi connectivity index (χ1) is 8.17. The predicted molar refractivity (Wildman–Crippen MR) is 67.5 cm³/mol. The SMILES string of the molecule is COCOc1cc(OC)ccc1CNC(C)C. The van der Waals surface area contributed by atoms with Gasteiger partial charge in [-0.05, 0) is 6.07 Å². The van der Waals surface area contributed by atoms with Crippen LogP contribution in [0.3, 0.4) is 0 Å². The lowest BCUT2D eigenvalue weighted by atomic mass is 10.2. The highest BCUT2D eigenvalue weighted by Gasteiger charge is 2.06. The van der Waals surface area contributed by atoms with Gasteiger partial charge < -0.3 is 19.5 Å². The molecule has 0 atom stereocenters. The highest BCUT2D eigenvalue weighted by Crippen LogP contribution is 2.24. The Labute approximate surface area is 103 Å². The molecule has 17 heavy (non-hydrogen) atoms. The van der Waals surface area contributed by atoms with E-state index >= 15 is 0 Å². The van der Waals surface area contributed by atoms with Crippen molar-refractivity contribution in [1.29, 1.82) is 0 Å². The van der Waals surface area contributed by atoms with E-state index in [1.165, 1.54) is 0 Å². The second-order valence-electron chi connectivity index (χ2n) is 4.06. The third-order valence-electron chi connectivity index (χ3n) is 2.31. The molecule has 0 fully saturated rings. The zero-order chi connectivity index (χ0) is 12.7. The molecule has 0 aliphatic heterocycles. The molecule has 1 rings (SSSR count). The lowest BCUT2D eigenvalue weighted by Crippen LogP contribution is -2.22. The summed E-state index contributed by atoms with van der Waals surface area (Å²) in [5, 5.41) is 3.35. The van der Waals surface area contributed by atoms with Crippen molar-refractivity contribution in [3.05, 3.63) is 23.8 Å². The Kier molecular flexibility index (Phi) is 5.80. The van der Waals surface area contributed by atoms with E-state index in [0.717, 1.165) is 23.6 Å². The van der Waals surface area contributed by atoms with Crippen molar-refractivity contribution in [3.8, 4) is 11.5 Å². The summed E-state index contributed by atoms with van der Waals surface area (Å²) in [5.41, 5.74) is 1.09. The average Bonchev–Trinajstić information content (AvgIpc) is 2.34. The van der Waals surface area contributed by atoms with Crippen LogP contribution in [0.15, 0.2) is 18.2 Å². The van der Waals surface area contributed by atoms with E-state index in [0.29, 0.717) is 6.04 Å². The lowest BCUT2D eigenvalue weighted by Gasteiger charge is -2.14. The predicted octanol–water partition coefficient (Wildman–Crippen LogP) is 2.18. The van der Waals surface area contributed by atoms with Crippen LogP contribution >= 0.6 is 0 Å². The first kappa shape index (κ1) is 13.8. The third kappa shape index (κ3) is 4.63. The molecule has 0 aromatic heterocycles. The Balaban J connectivity index is 2.78. The Hall–Kier alpha value is -1.26. The van der Waals surface area contributed by atoms with E-state index in [-0.39, 0.29) is 6.79 Å². The molecule has 0 saturated carbocycles. The van der Waals surface area contributed by atoms with Crippen molar-refractivity contribution in [3.63, 3.8) is 0 Å². The van der Waals surface area contributed by atoms with Gasteiger partial charge in [-0.15, -0.1) is 0 Å². The van der Waals surface area contributed by atoms with Crippen LogP contribution in [-0.4, -0.2) is 27.1 Å². The fourth-order valence-electron chi connectivity index (χ4n) is 1.38. The summed E-state index contributed by atoms with van der Waals surface area (Å²) in [6.45, 7) is 5.22. The molecule has 1 aromatic rings. The van der Waals surface area contributed by atoms with Gasteiger partial charge in [-0.3, -0.25) is 0 Å². The number of rotatable bonds is 7. The largest absolute Gasteiger partial charge is 0.497 e. The second kappa shape index (κ2) is 7.14. The maximum absolute atomic E-state index is 5.52. The first-order valence-corrected chi connectivity index (χ1v) is 5.69. The van der Waals surface area contributed by atoms with Gasteiger partial charge in [0.1, 0.15) is 11.5 Å². The van der Waals surface area contributed by atoms with Crippen LogP contribution in [0.4, 0.5) is 0 Å². The summed E-state index contributed by atoms with van der Waals surface area (Å²) in [7, 11) is 3.24. The van der Waals surface area contributed by atoms with Crippen LogP contribution in [0.2, 0.25) is 0 Å². The number of nitrogens with one attached hydrogen (secondary N) is 1. The maximum Gasteiger partial charge on any atom is 0.188 e. The molecule has 0 bridgehead atoms. The van der Waals surface area contributed by atoms with Crippen molar-refractivity contribution >= 4 is 0 Å². The summed E-state index contributed by atoms with van der Waals surface area (Å²) in [6.07, 6.45) is 0. The Morgan fingerprint density at radius 2 is 2.00 bits per heavy atom. The van der Waals surface area contributed by atoms with Crippen molar-refractivity contribution in [2.75, 3.05) is 21.0 Å². The molecule has 4 nitrogen and oxygen atoms in total. The Bertz CT molecular complexity index is 339. The minimum atomic E-state index is 0.238. The summed E-state index contributed by atoms with van der Waals surface area (Å²) in [6, 6.07) is 6.24. The maximum atomic E-state index is 5.52. The number of hydrogen-bond acceptors (Lipinski definition) is 4. The topological polar surface area (TPSA) is 39.7 Å². The van der Waals surface area contributed by atoms with E-state index in [2.05, 4.69) is 19.2 Å². The fourth-order valence-corrected chi connectivity index (χ4v) is 1.38. The number of methoxy groups -OCH3 is 2. The van der Waals surface area contributed by atoms with Crippen LogP contribution < -0.4 is 14.8 Å². The molecule has 96 valence electrons. The summed E-state index contributed by atoms with van der Waals surface area (Å²) in [4.78, 5) is 0. The van der Waals surface area contributed by atoms with E-state index < -0.39 is 0 Å². The molecular formula is C13H21NO3. The zero-order valence-corrected chi connectivity index (χ0v) is 10.9. The molecule has 1 aromatic carbocycles.